The third-order valence-electron chi connectivity index (χ3n) is 3.85. The molecule has 5 nitrogen and oxygen atoms in total. The smallest absolute Gasteiger partial charge is 0.228 e. The summed E-state index contributed by atoms with van der Waals surface area (Å²) in [5.41, 5.74) is 1.18. The lowest BCUT2D eigenvalue weighted by Gasteiger charge is -2.20. The Hall–Kier alpha value is -2.43. The molecule has 2 N–H and O–H groups in total. The number of para-hydroxylation sites is 1. The van der Waals surface area contributed by atoms with Gasteiger partial charge in [-0.1, -0.05) is 18.2 Å². The van der Waals surface area contributed by atoms with Crippen molar-refractivity contribution in [1.82, 2.24) is 10.3 Å². The lowest BCUT2D eigenvalue weighted by Crippen LogP contribution is -2.42. The van der Waals surface area contributed by atoms with E-state index < -0.39 is 0 Å². The van der Waals surface area contributed by atoms with Gasteiger partial charge in [0.1, 0.15) is 0 Å². The number of rotatable bonds is 3. The molecule has 1 fully saturated rings. The standard InChI is InChI=1S/C18H21N3O2/c1-18(2,3)21-17(23)13-10-12(13)16(22)20-14-8-4-6-11-7-5-9-19-15(11)14/h4-9,12-13H,10H2,1-3H3,(H,20,22)(H,21,23). The highest BCUT2D eigenvalue weighted by molar-refractivity contribution is 6.04. The Bertz CT molecular complexity index is 759. The van der Waals surface area contributed by atoms with E-state index in [9.17, 15) is 9.59 Å². The normalized spacial score (nSPS) is 20.1. The maximum absolute atomic E-state index is 12.4. The number of nitrogens with zero attached hydrogens (tertiary/aromatic N) is 1. The summed E-state index contributed by atoms with van der Waals surface area (Å²) in [6.45, 7) is 5.80. The minimum atomic E-state index is -0.278. The predicted molar refractivity (Wildman–Crippen MR) is 89.9 cm³/mol. The van der Waals surface area contributed by atoms with E-state index in [1.165, 1.54) is 0 Å². The maximum Gasteiger partial charge on any atom is 0.228 e. The van der Waals surface area contributed by atoms with Crippen LogP contribution >= 0.6 is 0 Å². The lowest BCUT2D eigenvalue weighted by atomic mass is 10.1. The van der Waals surface area contributed by atoms with Crippen LogP contribution in [0.4, 0.5) is 5.69 Å². The fraction of sp³-hybridized carbons (Fsp3) is 0.389. The summed E-state index contributed by atoms with van der Waals surface area (Å²) in [5.74, 6) is -0.639. The molecule has 1 aliphatic rings. The van der Waals surface area contributed by atoms with Crippen molar-refractivity contribution in [1.29, 1.82) is 0 Å². The van der Waals surface area contributed by atoms with Crippen molar-refractivity contribution in [3.8, 4) is 0 Å². The van der Waals surface area contributed by atoms with Crippen molar-refractivity contribution < 1.29 is 9.59 Å². The van der Waals surface area contributed by atoms with Gasteiger partial charge >= 0.3 is 0 Å². The maximum atomic E-state index is 12.4. The number of fused-ring (bicyclic) bond motifs is 1. The third kappa shape index (κ3) is 3.50. The van der Waals surface area contributed by atoms with Crippen molar-refractivity contribution in [3.05, 3.63) is 36.5 Å². The zero-order valence-electron chi connectivity index (χ0n) is 13.6. The molecule has 2 aromatic rings. The fourth-order valence-corrected chi connectivity index (χ4v) is 2.67. The highest BCUT2D eigenvalue weighted by Gasteiger charge is 2.48. The molecule has 1 aromatic heterocycles. The van der Waals surface area contributed by atoms with Crippen molar-refractivity contribution in [2.45, 2.75) is 32.7 Å². The van der Waals surface area contributed by atoms with Gasteiger partial charge in [-0.3, -0.25) is 14.6 Å². The Balaban J connectivity index is 1.68. The number of hydrogen-bond donors (Lipinski definition) is 2. The third-order valence-corrected chi connectivity index (χ3v) is 3.85. The lowest BCUT2D eigenvalue weighted by molar-refractivity contribution is -0.126. The van der Waals surface area contributed by atoms with E-state index in [-0.39, 0.29) is 29.2 Å². The number of anilines is 1. The quantitative estimate of drug-likeness (QED) is 0.915. The minimum Gasteiger partial charge on any atom is -0.351 e. The van der Waals surface area contributed by atoms with E-state index in [1.54, 1.807) is 6.20 Å². The Morgan fingerprint density at radius 2 is 1.78 bits per heavy atom. The molecule has 1 heterocycles. The molecule has 120 valence electrons. The van der Waals surface area contributed by atoms with Crippen molar-refractivity contribution in [3.63, 3.8) is 0 Å². The van der Waals surface area contributed by atoms with Crippen LogP contribution in [0.25, 0.3) is 10.9 Å². The van der Waals surface area contributed by atoms with Gasteiger partial charge in [-0.15, -0.1) is 0 Å². The number of aromatic nitrogens is 1. The first-order valence-corrected chi connectivity index (χ1v) is 7.82. The molecule has 2 amide bonds. The second-order valence-electron chi connectivity index (χ2n) is 7.06. The van der Waals surface area contributed by atoms with Crippen LogP contribution in [0.2, 0.25) is 0 Å². The van der Waals surface area contributed by atoms with E-state index in [4.69, 9.17) is 0 Å². The monoisotopic (exact) mass is 311 g/mol. The molecular weight excluding hydrogens is 290 g/mol. The number of pyridine rings is 1. The van der Waals surface area contributed by atoms with Crippen molar-refractivity contribution >= 4 is 28.4 Å². The molecule has 0 aliphatic heterocycles. The van der Waals surface area contributed by atoms with Crippen molar-refractivity contribution in [2.24, 2.45) is 11.8 Å². The van der Waals surface area contributed by atoms with Gasteiger partial charge in [0, 0.05) is 17.1 Å². The topological polar surface area (TPSA) is 71.1 Å². The second kappa shape index (κ2) is 5.65. The van der Waals surface area contributed by atoms with Gasteiger partial charge < -0.3 is 10.6 Å². The molecule has 1 aliphatic carbocycles. The van der Waals surface area contributed by atoms with E-state index >= 15 is 0 Å². The van der Waals surface area contributed by atoms with Crippen molar-refractivity contribution in [2.75, 3.05) is 5.32 Å². The van der Waals surface area contributed by atoms with E-state index in [0.29, 0.717) is 12.1 Å². The first kappa shape index (κ1) is 15.5. The molecule has 0 spiro atoms. The average Bonchev–Trinajstić information content (AvgIpc) is 3.26. The van der Waals surface area contributed by atoms with Crippen LogP contribution in [-0.2, 0) is 9.59 Å². The van der Waals surface area contributed by atoms with Crippen LogP contribution in [-0.4, -0.2) is 22.3 Å². The van der Waals surface area contributed by atoms with E-state index in [0.717, 1.165) is 10.9 Å². The van der Waals surface area contributed by atoms with Crippen LogP contribution < -0.4 is 10.6 Å². The minimum absolute atomic E-state index is 0.0475. The number of hydrogen-bond acceptors (Lipinski definition) is 3. The summed E-state index contributed by atoms with van der Waals surface area (Å²) in [6, 6.07) is 9.49. The Kier molecular flexibility index (Phi) is 3.80. The van der Waals surface area contributed by atoms with E-state index in [2.05, 4.69) is 15.6 Å². The molecule has 0 saturated heterocycles. The second-order valence-corrected chi connectivity index (χ2v) is 7.06. The Morgan fingerprint density at radius 3 is 2.52 bits per heavy atom. The highest BCUT2D eigenvalue weighted by atomic mass is 16.2. The highest BCUT2D eigenvalue weighted by Crippen LogP contribution is 2.40. The number of benzene rings is 1. The molecule has 1 aromatic carbocycles. The van der Waals surface area contributed by atoms with E-state index in [1.807, 2.05) is 51.1 Å². The number of carbonyl (C=O) groups excluding carboxylic acids is 2. The van der Waals surface area contributed by atoms with Gasteiger partial charge in [0.2, 0.25) is 11.8 Å². The van der Waals surface area contributed by atoms with Gasteiger partial charge in [-0.05, 0) is 39.3 Å². The molecule has 2 unspecified atom stereocenters. The number of nitrogens with one attached hydrogen (secondary N) is 2. The summed E-state index contributed by atoms with van der Waals surface area (Å²) < 4.78 is 0. The Morgan fingerprint density at radius 1 is 1.09 bits per heavy atom. The number of carbonyl (C=O) groups is 2. The first-order valence-electron chi connectivity index (χ1n) is 7.82. The fourth-order valence-electron chi connectivity index (χ4n) is 2.67. The van der Waals surface area contributed by atoms with Gasteiger partial charge in [-0.25, -0.2) is 0 Å². The molecule has 2 atom stereocenters. The molecule has 3 rings (SSSR count). The number of amides is 2. The van der Waals surface area contributed by atoms with Crippen LogP contribution in [0.1, 0.15) is 27.2 Å². The summed E-state index contributed by atoms with van der Waals surface area (Å²) in [7, 11) is 0. The molecule has 0 bridgehead atoms. The summed E-state index contributed by atoms with van der Waals surface area (Å²) >= 11 is 0. The van der Waals surface area contributed by atoms with Crippen LogP contribution in [0.15, 0.2) is 36.5 Å². The van der Waals surface area contributed by atoms with Crippen LogP contribution in [0.3, 0.4) is 0 Å². The van der Waals surface area contributed by atoms with Gasteiger partial charge in [-0.2, -0.15) is 0 Å². The zero-order chi connectivity index (χ0) is 16.6. The molecule has 5 heteroatoms. The summed E-state index contributed by atoms with van der Waals surface area (Å²) in [4.78, 5) is 28.8. The van der Waals surface area contributed by atoms with Crippen LogP contribution in [0.5, 0.6) is 0 Å². The van der Waals surface area contributed by atoms with Gasteiger partial charge in [0.25, 0.3) is 0 Å². The first-order chi connectivity index (χ1) is 10.8. The largest absolute Gasteiger partial charge is 0.351 e. The average molecular weight is 311 g/mol. The SMILES string of the molecule is CC(C)(C)NC(=O)C1CC1C(=O)Nc1cccc2cccnc12. The molecular formula is C18H21N3O2. The molecule has 0 radical (unpaired) electrons. The Labute approximate surface area is 135 Å². The summed E-state index contributed by atoms with van der Waals surface area (Å²) in [6.07, 6.45) is 2.31. The molecule has 23 heavy (non-hydrogen) atoms. The summed E-state index contributed by atoms with van der Waals surface area (Å²) in [5, 5.41) is 6.82. The predicted octanol–water partition coefficient (Wildman–Crippen LogP) is 2.72. The molecule has 1 saturated carbocycles. The van der Waals surface area contributed by atoms with Gasteiger partial charge in [0.15, 0.2) is 0 Å². The van der Waals surface area contributed by atoms with Crippen LogP contribution in [0, 0.1) is 11.8 Å². The zero-order valence-corrected chi connectivity index (χ0v) is 13.6. The van der Waals surface area contributed by atoms with Gasteiger partial charge in [0.05, 0.1) is 23.0 Å².